The molecule has 0 aliphatic carbocycles. The van der Waals surface area contributed by atoms with Gasteiger partial charge in [-0.1, -0.05) is 0 Å². The largest absolute Gasteiger partial charge is 0.454 e. The molecule has 23 heavy (non-hydrogen) atoms. The smallest absolute Gasteiger partial charge is 0.253 e. The maximum Gasteiger partial charge on any atom is 0.253 e. The molecule has 3 rings (SSSR count). The van der Waals surface area contributed by atoms with Crippen molar-refractivity contribution in [2.24, 2.45) is 0 Å². The summed E-state index contributed by atoms with van der Waals surface area (Å²) in [7, 11) is 0. The molecule has 0 radical (unpaired) electrons. The van der Waals surface area contributed by atoms with Crippen molar-refractivity contribution in [2.45, 2.75) is 6.29 Å². The van der Waals surface area contributed by atoms with Gasteiger partial charge in [0.05, 0.1) is 0 Å². The molecule has 0 saturated carbocycles. The number of carbonyl (C=O) groups is 1. The van der Waals surface area contributed by atoms with E-state index in [1.54, 1.807) is 0 Å². The van der Waals surface area contributed by atoms with Crippen LogP contribution in [0.4, 0.5) is 8.78 Å². The highest BCUT2D eigenvalue weighted by atomic mass is 19.1. The maximum atomic E-state index is 13.5. The molecular formula is C14H13F2N5O2. The lowest BCUT2D eigenvalue weighted by atomic mass is 10.2. The predicted octanol–water partition coefficient (Wildman–Crippen LogP) is 0.888. The van der Waals surface area contributed by atoms with Gasteiger partial charge in [0.1, 0.15) is 11.6 Å². The number of benzene rings is 2. The van der Waals surface area contributed by atoms with Crippen LogP contribution in [0.5, 0.6) is 11.5 Å². The van der Waals surface area contributed by atoms with Gasteiger partial charge in [0, 0.05) is 11.6 Å². The first-order chi connectivity index (χ1) is 11.1. The molecule has 5 N–H and O–H groups in total. The Kier molecular flexibility index (Phi) is 4.44. The second kappa shape index (κ2) is 6.67. The molecule has 0 aromatic heterocycles. The van der Waals surface area contributed by atoms with Gasteiger partial charge in [0.15, 0.2) is 17.9 Å². The number of halogens is 2. The van der Waals surface area contributed by atoms with E-state index in [1.807, 2.05) is 0 Å². The topological polar surface area (TPSA) is 86.5 Å². The molecule has 0 spiro atoms. The van der Waals surface area contributed by atoms with Crippen LogP contribution in [0.2, 0.25) is 0 Å². The van der Waals surface area contributed by atoms with Gasteiger partial charge in [-0.15, -0.1) is 0 Å². The van der Waals surface area contributed by atoms with Crippen LogP contribution >= 0.6 is 0 Å². The summed E-state index contributed by atoms with van der Waals surface area (Å²) >= 11 is 0. The van der Waals surface area contributed by atoms with Gasteiger partial charge in [-0.3, -0.25) is 4.79 Å². The summed E-state index contributed by atoms with van der Waals surface area (Å²) in [5.41, 5.74) is 11.0. The van der Waals surface area contributed by atoms with Gasteiger partial charge in [0.2, 0.25) is 0 Å². The summed E-state index contributed by atoms with van der Waals surface area (Å²) < 4.78 is 31.7. The zero-order chi connectivity index (χ0) is 16.2. The Morgan fingerprint density at radius 3 is 2.39 bits per heavy atom. The Balaban J connectivity index is 1.65. The van der Waals surface area contributed by atoms with E-state index < -0.39 is 17.9 Å². The predicted molar refractivity (Wildman–Crippen MR) is 76.7 cm³/mol. The van der Waals surface area contributed by atoms with Crippen LogP contribution in [0.15, 0.2) is 42.5 Å². The van der Waals surface area contributed by atoms with Crippen LogP contribution in [-0.2, 0) is 0 Å². The van der Waals surface area contributed by atoms with Crippen LogP contribution in [0.25, 0.3) is 0 Å². The van der Waals surface area contributed by atoms with E-state index in [2.05, 4.69) is 27.2 Å². The summed E-state index contributed by atoms with van der Waals surface area (Å²) in [6, 6.07) is 9.13. The minimum absolute atomic E-state index is 0.0971. The Morgan fingerprint density at radius 1 is 1.04 bits per heavy atom. The van der Waals surface area contributed by atoms with Crippen molar-refractivity contribution < 1.29 is 18.3 Å². The third-order valence-corrected chi connectivity index (χ3v) is 3.01. The normalized spacial score (nSPS) is 14.7. The minimum Gasteiger partial charge on any atom is -0.454 e. The maximum absolute atomic E-state index is 13.5. The molecule has 2 aromatic rings. The van der Waals surface area contributed by atoms with Crippen molar-refractivity contribution in [1.29, 1.82) is 0 Å². The standard InChI is InChI=1S/C14H13F2N5O2/c15-9-3-6-12(11(16)7-9)23-10-4-1-8(2-5-10)13(22)17-14-18-20-21-19-14/h1-7,14,18-21H,(H,17,22). The number of hydrazine groups is 3. The molecule has 1 fully saturated rings. The fraction of sp³-hybridized carbons (Fsp3) is 0.0714. The first-order valence-electron chi connectivity index (χ1n) is 6.67. The van der Waals surface area contributed by atoms with E-state index in [4.69, 9.17) is 4.74 Å². The first-order valence-corrected chi connectivity index (χ1v) is 6.67. The van der Waals surface area contributed by atoms with Crippen LogP contribution in [0.1, 0.15) is 10.4 Å². The molecule has 1 heterocycles. The zero-order valence-corrected chi connectivity index (χ0v) is 11.7. The van der Waals surface area contributed by atoms with Gasteiger partial charge >= 0.3 is 0 Å². The van der Waals surface area contributed by atoms with Crippen molar-refractivity contribution >= 4 is 5.91 Å². The van der Waals surface area contributed by atoms with Crippen molar-refractivity contribution in [2.75, 3.05) is 0 Å². The van der Waals surface area contributed by atoms with Crippen molar-refractivity contribution in [3.63, 3.8) is 0 Å². The number of amides is 1. The molecule has 0 atom stereocenters. The van der Waals surface area contributed by atoms with Crippen molar-refractivity contribution in [1.82, 2.24) is 27.2 Å². The molecule has 1 amide bonds. The van der Waals surface area contributed by atoms with Crippen molar-refractivity contribution in [3.8, 4) is 11.5 Å². The number of hydrogen-bond acceptors (Lipinski definition) is 6. The summed E-state index contributed by atoms with van der Waals surface area (Å²) in [4.78, 5) is 12.0. The summed E-state index contributed by atoms with van der Waals surface area (Å²) in [5.74, 6) is -1.57. The van der Waals surface area contributed by atoms with Gasteiger partial charge < -0.3 is 10.1 Å². The zero-order valence-electron chi connectivity index (χ0n) is 11.7. The minimum atomic E-state index is -0.801. The van der Waals surface area contributed by atoms with Gasteiger partial charge in [-0.25, -0.2) is 19.6 Å². The number of carbonyl (C=O) groups excluding carboxylic acids is 1. The fourth-order valence-corrected chi connectivity index (χ4v) is 1.90. The molecule has 2 aromatic carbocycles. The van der Waals surface area contributed by atoms with E-state index >= 15 is 0 Å². The van der Waals surface area contributed by atoms with Crippen LogP contribution in [0.3, 0.4) is 0 Å². The number of hydrogen-bond donors (Lipinski definition) is 5. The van der Waals surface area contributed by atoms with E-state index in [9.17, 15) is 13.6 Å². The van der Waals surface area contributed by atoms with E-state index in [-0.39, 0.29) is 11.7 Å². The lowest BCUT2D eigenvalue weighted by molar-refractivity contribution is 0.0927. The Hall–Kier alpha value is -2.59. The first kappa shape index (κ1) is 15.3. The van der Waals surface area contributed by atoms with Crippen molar-refractivity contribution in [3.05, 3.63) is 59.7 Å². The third kappa shape index (κ3) is 3.79. The average Bonchev–Trinajstić information content (AvgIpc) is 3.04. The fourth-order valence-electron chi connectivity index (χ4n) is 1.90. The second-order valence-corrected chi connectivity index (χ2v) is 4.65. The molecule has 1 aliphatic rings. The number of nitrogens with one attached hydrogen (secondary N) is 5. The Morgan fingerprint density at radius 2 is 1.74 bits per heavy atom. The van der Waals surface area contributed by atoms with E-state index in [1.165, 1.54) is 30.3 Å². The second-order valence-electron chi connectivity index (χ2n) is 4.65. The lowest BCUT2D eigenvalue weighted by Gasteiger charge is -2.12. The quantitative estimate of drug-likeness (QED) is 0.575. The van der Waals surface area contributed by atoms with Crippen LogP contribution in [-0.4, -0.2) is 12.2 Å². The molecule has 1 aliphatic heterocycles. The van der Waals surface area contributed by atoms with Crippen LogP contribution < -0.4 is 32.0 Å². The van der Waals surface area contributed by atoms with Crippen LogP contribution in [0, 0.1) is 11.6 Å². The van der Waals surface area contributed by atoms with Gasteiger partial charge in [-0.05, 0) is 36.4 Å². The molecule has 1 saturated heterocycles. The molecule has 9 heteroatoms. The lowest BCUT2D eigenvalue weighted by Crippen LogP contribution is -2.49. The SMILES string of the molecule is O=C(NC1NNNN1)c1ccc(Oc2ccc(F)cc2F)cc1. The average molecular weight is 321 g/mol. The Labute approximate surface area is 129 Å². The van der Waals surface area contributed by atoms with Gasteiger partial charge in [0.25, 0.3) is 5.91 Å². The highest BCUT2D eigenvalue weighted by Crippen LogP contribution is 2.25. The Bertz CT molecular complexity index is 705. The monoisotopic (exact) mass is 321 g/mol. The molecule has 120 valence electrons. The molecule has 0 unspecified atom stereocenters. The molecule has 7 nitrogen and oxygen atoms in total. The summed E-state index contributed by atoms with van der Waals surface area (Å²) in [6.45, 7) is 0. The molecular weight excluding hydrogens is 308 g/mol. The number of rotatable bonds is 4. The van der Waals surface area contributed by atoms with E-state index in [0.717, 1.165) is 12.1 Å². The number of ether oxygens (including phenoxy) is 1. The summed E-state index contributed by atoms with van der Waals surface area (Å²) in [6.07, 6.45) is -0.466. The molecule has 0 bridgehead atoms. The van der Waals surface area contributed by atoms with E-state index in [0.29, 0.717) is 11.3 Å². The highest BCUT2D eigenvalue weighted by Gasteiger charge is 2.16. The summed E-state index contributed by atoms with van der Waals surface area (Å²) in [5, 5.41) is 2.65. The highest BCUT2D eigenvalue weighted by molar-refractivity contribution is 5.94. The van der Waals surface area contributed by atoms with Gasteiger partial charge in [-0.2, -0.15) is 11.1 Å². The third-order valence-electron chi connectivity index (χ3n) is 3.01.